The highest BCUT2D eigenvalue weighted by Crippen LogP contribution is 2.60. The molecule has 0 aliphatic carbocycles. The van der Waals surface area contributed by atoms with Crippen LogP contribution in [0, 0.1) is 0 Å². The number of rotatable bonds is 12. The third kappa shape index (κ3) is 9.48. The molecule has 0 spiro atoms. The number of halogens is 1. The Hall–Kier alpha value is 0.560. The first-order valence-corrected chi connectivity index (χ1v) is 9.06. The van der Waals surface area contributed by atoms with Crippen LogP contribution >= 0.6 is 7.26 Å². The van der Waals surface area contributed by atoms with Gasteiger partial charge in [-0.3, -0.25) is 0 Å². The van der Waals surface area contributed by atoms with Crippen LogP contribution in [0.15, 0.2) is 0 Å². The van der Waals surface area contributed by atoms with Gasteiger partial charge in [0.2, 0.25) is 0 Å². The summed E-state index contributed by atoms with van der Waals surface area (Å²) in [6.07, 6.45) is 7.28. The van der Waals surface area contributed by atoms with Gasteiger partial charge in [0.1, 0.15) is 0 Å². The zero-order valence-corrected chi connectivity index (χ0v) is 12.7. The molecule has 0 saturated carbocycles. The predicted molar refractivity (Wildman–Crippen MR) is 73.2 cm³/mol. The first kappa shape index (κ1) is 20.9. The Labute approximate surface area is 117 Å². The molecule has 4 nitrogen and oxygen atoms in total. The third-order valence-corrected chi connectivity index (χ3v) is 8.22. The molecule has 112 valence electrons. The number of hydrogen-bond donors (Lipinski definition) is 4. The monoisotopic (exact) mass is 302 g/mol. The van der Waals surface area contributed by atoms with Gasteiger partial charge >= 0.3 is 0 Å². The molecule has 6 heteroatoms. The summed E-state index contributed by atoms with van der Waals surface area (Å²) in [6, 6.07) is 0. The van der Waals surface area contributed by atoms with Crippen LogP contribution in [0.1, 0.15) is 25.7 Å². The van der Waals surface area contributed by atoms with E-state index in [0.29, 0.717) is 0 Å². The average molecular weight is 303 g/mol. The lowest BCUT2D eigenvalue weighted by Gasteiger charge is -2.27. The van der Waals surface area contributed by atoms with E-state index in [1.165, 1.54) is 0 Å². The molecule has 0 aromatic carbocycles. The van der Waals surface area contributed by atoms with Gasteiger partial charge in [0.05, 0.1) is 24.6 Å². The van der Waals surface area contributed by atoms with Gasteiger partial charge in [0, 0.05) is 59.4 Å². The van der Waals surface area contributed by atoms with Gasteiger partial charge in [-0.05, 0) is 0 Å². The Balaban J connectivity index is 0. The summed E-state index contributed by atoms with van der Waals surface area (Å²) in [4.78, 5) is 0. The van der Waals surface area contributed by atoms with Crippen molar-refractivity contribution in [2.24, 2.45) is 0 Å². The molecule has 0 rings (SSSR count). The average Bonchev–Trinajstić information content (AvgIpc) is 2.37. The first-order chi connectivity index (χ1) is 8.24. The van der Waals surface area contributed by atoms with Crippen LogP contribution < -0.4 is 12.4 Å². The van der Waals surface area contributed by atoms with Crippen molar-refractivity contribution in [2.75, 3.05) is 51.1 Å². The van der Waals surface area contributed by atoms with E-state index >= 15 is 0 Å². The van der Waals surface area contributed by atoms with Gasteiger partial charge < -0.3 is 32.8 Å². The molecule has 0 amide bonds. The normalized spacial score (nSPS) is 11.3. The molecule has 0 aliphatic rings. The fourth-order valence-corrected chi connectivity index (χ4v) is 6.89. The number of aliphatic hydroxyl groups excluding tert-OH is 4. The van der Waals surface area contributed by atoms with Gasteiger partial charge in [-0.25, -0.2) is 0 Å². The van der Waals surface area contributed by atoms with Crippen LogP contribution in [-0.4, -0.2) is 71.5 Å². The van der Waals surface area contributed by atoms with E-state index in [9.17, 15) is 0 Å². The molecule has 0 aromatic heterocycles. The quantitative estimate of drug-likeness (QED) is 0.301. The van der Waals surface area contributed by atoms with E-state index in [0.717, 1.165) is 50.3 Å². The maximum Gasteiger partial charge on any atom is 0.0616 e. The van der Waals surface area contributed by atoms with Crippen molar-refractivity contribution in [2.45, 2.75) is 25.7 Å². The molecule has 0 saturated heterocycles. The van der Waals surface area contributed by atoms with Crippen molar-refractivity contribution in [3.8, 4) is 0 Å². The van der Waals surface area contributed by atoms with Gasteiger partial charge in [-0.1, -0.05) is 0 Å². The van der Waals surface area contributed by atoms with Gasteiger partial charge in [0.25, 0.3) is 0 Å². The van der Waals surface area contributed by atoms with E-state index in [1.54, 1.807) is 0 Å². The van der Waals surface area contributed by atoms with E-state index in [2.05, 4.69) is 0 Å². The Morgan fingerprint density at radius 3 is 0.889 bits per heavy atom. The van der Waals surface area contributed by atoms with Crippen LogP contribution in [0.2, 0.25) is 0 Å². The van der Waals surface area contributed by atoms with Gasteiger partial charge in [0.15, 0.2) is 0 Å². The van der Waals surface area contributed by atoms with E-state index in [1.807, 2.05) is 0 Å². The summed E-state index contributed by atoms with van der Waals surface area (Å²) in [5, 5.41) is 35.9. The number of hydrogen-bond acceptors (Lipinski definition) is 4. The Bertz CT molecular complexity index is 135. The van der Waals surface area contributed by atoms with Crippen LogP contribution in [0.5, 0.6) is 0 Å². The molecule has 18 heavy (non-hydrogen) atoms. The van der Waals surface area contributed by atoms with E-state index < -0.39 is 7.26 Å². The highest BCUT2D eigenvalue weighted by molar-refractivity contribution is 7.75. The topological polar surface area (TPSA) is 80.9 Å². The summed E-state index contributed by atoms with van der Waals surface area (Å²) < 4.78 is 0. The molecule has 0 bridgehead atoms. The van der Waals surface area contributed by atoms with Gasteiger partial charge in [-0.2, -0.15) is 0 Å². The van der Waals surface area contributed by atoms with Crippen molar-refractivity contribution in [3.05, 3.63) is 0 Å². The van der Waals surface area contributed by atoms with Crippen molar-refractivity contribution in [1.29, 1.82) is 0 Å². The number of aliphatic hydroxyl groups is 4. The van der Waals surface area contributed by atoms with Crippen molar-refractivity contribution < 1.29 is 32.8 Å². The van der Waals surface area contributed by atoms with Crippen LogP contribution in [0.3, 0.4) is 0 Å². The Morgan fingerprint density at radius 1 is 0.500 bits per heavy atom. The molecular formula is C12H28ClO4P. The molecule has 0 fully saturated rings. The second kappa shape index (κ2) is 14.0. The largest absolute Gasteiger partial charge is 1.00 e. The minimum absolute atomic E-state index is 0. The molecule has 0 radical (unpaired) electrons. The highest BCUT2D eigenvalue weighted by atomic mass is 35.5. The molecule has 0 heterocycles. The summed E-state index contributed by atoms with van der Waals surface area (Å²) in [5.74, 6) is 0. The lowest BCUT2D eigenvalue weighted by molar-refractivity contribution is -0.00000800. The molecule has 0 aliphatic heterocycles. The first-order valence-electron chi connectivity index (χ1n) is 6.53. The van der Waals surface area contributed by atoms with Crippen molar-refractivity contribution in [1.82, 2.24) is 0 Å². The predicted octanol–water partition coefficient (Wildman–Crippen LogP) is -2.46. The van der Waals surface area contributed by atoms with E-state index in [-0.39, 0.29) is 38.8 Å². The Morgan fingerprint density at radius 2 is 0.722 bits per heavy atom. The summed E-state index contributed by atoms with van der Waals surface area (Å²) in [5.41, 5.74) is 0. The maximum absolute atomic E-state index is 8.98. The van der Waals surface area contributed by atoms with Crippen LogP contribution in [0.25, 0.3) is 0 Å². The standard InChI is InChI=1S/C12H28O4P.ClH/c13-5-1-9-17(10-2-6-14,11-3-7-15)12-4-8-16;/h13-16H,1-12H2;1H/q+1;/p-1. The zero-order valence-electron chi connectivity index (χ0n) is 11.1. The fourth-order valence-electron chi connectivity index (χ4n) is 2.30. The third-order valence-electron chi connectivity index (χ3n) is 3.16. The molecular weight excluding hydrogens is 275 g/mol. The summed E-state index contributed by atoms with van der Waals surface area (Å²) in [6.45, 7) is 0.830. The second-order valence-corrected chi connectivity index (χ2v) is 9.02. The molecule has 0 aromatic rings. The lowest BCUT2D eigenvalue weighted by Crippen LogP contribution is -3.00. The van der Waals surface area contributed by atoms with Crippen molar-refractivity contribution in [3.63, 3.8) is 0 Å². The minimum Gasteiger partial charge on any atom is -1.00 e. The van der Waals surface area contributed by atoms with Crippen LogP contribution in [-0.2, 0) is 0 Å². The van der Waals surface area contributed by atoms with E-state index in [4.69, 9.17) is 20.4 Å². The summed E-state index contributed by atoms with van der Waals surface area (Å²) >= 11 is 0. The highest BCUT2D eigenvalue weighted by Gasteiger charge is 2.34. The minimum atomic E-state index is -1.20. The molecule has 0 unspecified atom stereocenters. The smallest absolute Gasteiger partial charge is 0.0616 e. The molecule has 0 atom stereocenters. The molecule has 4 N–H and O–H groups in total. The maximum atomic E-state index is 8.98. The second-order valence-electron chi connectivity index (χ2n) is 4.54. The summed E-state index contributed by atoms with van der Waals surface area (Å²) in [7, 11) is -1.20. The Kier molecular flexibility index (Phi) is 16.2. The van der Waals surface area contributed by atoms with Gasteiger partial charge in [-0.15, -0.1) is 0 Å². The zero-order chi connectivity index (χ0) is 13.0. The van der Waals surface area contributed by atoms with Crippen molar-refractivity contribution >= 4 is 7.26 Å². The fraction of sp³-hybridized carbons (Fsp3) is 1.00. The SMILES string of the molecule is OCCC[P+](CCCO)(CCCO)CCCO.[Cl-]. The lowest BCUT2D eigenvalue weighted by atomic mass is 10.5. The van der Waals surface area contributed by atoms with Crippen LogP contribution in [0.4, 0.5) is 0 Å².